The van der Waals surface area contributed by atoms with E-state index in [1.807, 2.05) is 44.2 Å². The summed E-state index contributed by atoms with van der Waals surface area (Å²) in [5, 5.41) is 5.84. The lowest BCUT2D eigenvalue weighted by atomic mass is 9.85. The van der Waals surface area contributed by atoms with E-state index in [0.717, 1.165) is 24.8 Å². The quantitative estimate of drug-likeness (QED) is 0.826. The Morgan fingerprint density at radius 2 is 1.84 bits per heavy atom. The molecule has 5 heteroatoms. The van der Waals surface area contributed by atoms with Gasteiger partial charge in [-0.25, -0.2) is 4.79 Å². The Balaban J connectivity index is 1.86. The molecule has 2 rings (SSSR count). The molecule has 1 aromatic rings. The monoisotopic (exact) mass is 346 g/mol. The zero-order valence-corrected chi connectivity index (χ0v) is 15.5. The van der Waals surface area contributed by atoms with Gasteiger partial charge in [0.1, 0.15) is 12.6 Å². The summed E-state index contributed by atoms with van der Waals surface area (Å²) in [6, 6.07) is 9.10. The molecule has 0 aromatic heterocycles. The Kier molecular flexibility index (Phi) is 7.29. The standard InChI is InChI=1S/C20H30N2O3/c1-14(2)18(19(23)21-17-12-8-7-9-15(17)3)22-20(24)25-13-16-10-5-4-6-11-16/h4-6,10-11,14-15,17-18H,7-9,12-13H2,1-3H3,(H,21,23)(H,22,24)/t15-,17-,18-/m0/s1. The first-order chi connectivity index (χ1) is 12.0. The molecule has 1 fully saturated rings. The largest absolute Gasteiger partial charge is 0.445 e. The van der Waals surface area contributed by atoms with Gasteiger partial charge in [0.25, 0.3) is 0 Å². The number of alkyl carbamates (subject to hydrolysis) is 1. The average Bonchev–Trinajstić information content (AvgIpc) is 2.60. The maximum absolute atomic E-state index is 12.6. The maximum Gasteiger partial charge on any atom is 0.408 e. The summed E-state index contributed by atoms with van der Waals surface area (Å²) in [6.07, 6.45) is 3.97. The summed E-state index contributed by atoms with van der Waals surface area (Å²) in [5.41, 5.74) is 0.916. The van der Waals surface area contributed by atoms with Gasteiger partial charge in [-0.05, 0) is 30.2 Å². The fourth-order valence-electron chi connectivity index (χ4n) is 3.23. The van der Waals surface area contributed by atoms with Crippen molar-refractivity contribution in [2.24, 2.45) is 11.8 Å². The minimum atomic E-state index is -0.586. The number of carbonyl (C=O) groups is 2. The molecule has 0 saturated heterocycles. The van der Waals surface area contributed by atoms with E-state index in [9.17, 15) is 9.59 Å². The van der Waals surface area contributed by atoms with Crippen LogP contribution in [0.2, 0.25) is 0 Å². The first kappa shape index (κ1) is 19.3. The van der Waals surface area contributed by atoms with Crippen molar-refractivity contribution in [3.8, 4) is 0 Å². The van der Waals surface area contributed by atoms with Crippen LogP contribution in [0.25, 0.3) is 0 Å². The summed E-state index contributed by atoms with van der Waals surface area (Å²) in [5.74, 6) is 0.351. The van der Waals surface area contributed by atoms with Crippen molar-refractivity contribution in [3.63, 3.8) is 0 Å². The van der Waals surface area contributed by atoms with Gasteiger partial charge in [-0.2, -0.15) is 0 Å². The third kappa shape index (κ3) is 6.07. The van der Waals surface area contributed by atoms with E-state index in [0.29, 0.717) is 5.92 Å². The van der Waals surface area contributed by atoms with E-state index in [-0.39, 0.29) is 24.5 Å². The van der Waals surface area contributed by atoms with E-state index in [2.05, 4.69) is 17.6 Å². The van der Waals surface area contributed by atoms with E-state index in [4.69, 9.17) is 4.74 Å². The molecule has 1 aliphatic rings. The van der Waals surface area contributed by atoms with Crippen LogP contribution in [0.5, 0.6) is 0 Å². The molecule has 1 saturated carbocycles. The van der Waals surface area contributed by atoms with Crippen LogP contribution >= 0.6 is 0 Å². The lowest BCUT2D eigenvalue weighted by Crippen LogP contribution is -2.53. The van der Waals surface area contributed by atoms with Gasteiger partial charge in [0.05, 0.1) is 0 Å². The van der Waals surface area contributed by atoms with Gasteiger partial charge < -0.3 is 15.4 Å². The highest BCUT2D eigenvalue weighted by Crippen LogP contribution is 2.24. The van der Waals surface area contributed by atoms with Crippen molar-refractivity contribution < 1.29 is 14.3 Å². The predicted molar refractivity (Wildman–Crippen MR) is 98.0 cm³/mol. The summed E-state index contributed by atoms with van der Waals surface area (Å²) in [7, 11) is 0. The second-order valence-electron chi connectivity index (χ2n) is 7.30. The fraction of sp³-hybridized carbons (Fsp3) is 0.600. The van der Waals surface area contributed by atoms with Crippen molar-refractivity contribution in [1.82, 2.24) is 10.6 Å². The van der Waals surface area contributed by atoms with E-state index >= 15 is 0 Å². The van der Waals surface area contributed by atoms with Crippen molar-refractivity contribution in [2.45, 2.75) is 65.1 Å². The maximum atomic E-state index is 12.6. The molecule has 0 bridgehead atoms. The second-order valence-corrected chi connectivity index (χ2v) is 7.30. The zero-order chi connectivity index (χ0) is 18.2. The van der Waals surface area contributed by atoms with Gasteiger partial charge in [0.2, 0.25) is 5.91 Å². The van der Waals surface area contributed by atoms with Crippen LogP contribution in [-0.2, 0) is 16.1 Å². The number of hydrogen-bond acceptors (Lipinski definition) is 3. The minimum absolute atomic E-state index is 0.0110. The number of amides is 2. The zero-order valence-electron chi connectivity index (χ0n) is 15.5. The van der Waals surface area contributed by atoms with Crippen LogP contribution in [0.15, 0.2) is 30.3 Å². The first-order valence-electron chi connectivity index (χ1n) is 9.25. The molecule has 0 unspecified atom stereocenters. The summed E-state index contributed by atoms with van der Waals surface area (Å²) in [6.45, 7) is 6.22. The van der Waals surface area contributed by atoms with Crippen LogP contribution < -0.4 is 10.6 Å². The van der Waals surface area contributed by atoms with Crippen LogP contribution in [0.1, 0.15) is 52.0 Å². The van der Waals surface area contributed by atoms with Crippen LogP contribution in [0, 0.1) is 11.8 Å². The predicted octanol–water partition coefficient (Wildman–Crippen LogP) is 3.63. The van der Waals surface area contributed by atoms with E-state index < -0.39 is 12.1 Å². The van der Waals surface area contributed by atoms with E-state index in [1.54, 1.807) is 0 Å². The molecule has 1 aromatic carbocycles. The third-order valence-corrected chi connectivity index (χ3v) is 4.87. The summed E-state index contributed by atoms with van der Waals surface area (Å²) < 4.78 is 5.24. The molecule has 138 valence electrons. The molecule has 5 nitrogen and oxygen atoms in total. The first-order valence-corrected chi connectivity index (χ1v) is 9.25. The summed E-state index contributed by atoms with van der Waals surface area (Å²) in [4.78, 5) is 24.7. The normalized spacial score (nSPS) is 21.4. The molecule has 0 aliphatic heterocycles. The highest BCUT2D eigenvalue weighted by atomic mass is 16.5. The molecule has 3 atom stereocenters. The lowest BCUT2D eigenvalue weighted by Gasteiger charge is -2.31. The molecule has 25 heavy (non-hydrogen) atoms. The SMILES string of the molecule is CC(C)[C@H](NC(=O)OCc1ccccc1)C(=O)N[C@H]1CCCC[C@@H]1C. The Hall–Kier alpha value is -2.04. The molecule has 0 radical (unpaired) electrons. The highest BCUT2D eigenvalue weighted by molar-refractivity contribution is 5.86. The molecular weight excluding hydrogens is 316 g/mol. The van der Waals surface area contributed by atoms with Gasteiger partial charge in [0.15, 0.2) is 0 Å². The number of benzene rings is 1. The van der Waals surface area contributed by atoms with Crippen molar-refractivity contribution in [2.75, 3.05) is 0 Å². The molecule has 0 spiro atoms. The van der Waals surface area contributed by atoms with Crippen molar-refractivity contribution >= 4 is 12.0 Å². The Morgan fingerprint density at radius 3 is 2.48 bits per heavy atom. The number of carbonyl (C=O) groups excluding carboxylic acids is 2. The van der Waals surface area contributed by atoms with Crippen molar-refractivity contribution in [1.29, 1.82) is 0 Å². The van der Waals surface area contributed by atoms with Gasteiger partial charge in [-0.15, -0.1) is 0 Å². The van der Waals surface area contributed by atoms with Crippen LogP contribution in [-0.4, -0.2) is 24.1 Å². The molecule has 2 amide bonds. The molecular formula is C20H30N2O3. The third-order valence-electron chi connectivity index (χ3n) is 4.87. The van der Waals surface area contributed by atoms with Crippen molar-refractivity contribution in [3.05, 3.63) is 35.9 Å². The smallest absolute Gasteiger partial charge is 0.408 e. The van der Waals surface area contributed by atoms with Crippen LogP contribution in [0.3, 0.4) is 0 Å². The Bertz CT molecular complexity index is 559. The van der Waals surface area contributed by atoms with E-state index in [1.165, 1.54) is 6.42 Å². The summed E-state index contributed by atoms with van der Waals surface area (Å²) >= 11 is 0. The highest BCUT2D eigenvalue weighted by Gasteiger charge is 2.29. The Morgan fingerprint density at radius 1 is 1.16 bits per heavy atom. The van der Waals surface area contributed by atoms with Gasteiger partial charge in [-0.1, -0.05) is 63.9 Å². The van der Waals surface area contributed by atoms with Gasteiger partial charge in [0, 0.05) is 6.04 Å². The Labute approximate surface area is 150 Å². The van der Waals surface area contributed by atoms with Gasteiger partial charge >= 0.3 is 6.09 Å². The van der Waals surface area contributed by atoms with Gasteiger partial charge in [-0.3, -0.25) is 4.79 Å². The number of ether oxygens (including phenoxy) is 1. The number of rotatable bonds is 6. The molecule has 1 aliphatic carbocycles. The minimum Gasteiger partial charge on any atom is -0.445 e. The average molecular weight is 346 g/mol. The molecule has 2 N–H and O–H groups in total. The number of nitrogens with one attached hydrogen (secondary N) is 2. The fourth-order valence-corrected chi connectivity index (χ4v) is 3.23. The number of hydrogen-bond donors (Lipinski definition) is 2. The van der Waals surface area contributed by atoms with Crippen LogP contribution in [0.4, 0.5) is 4.79 Å². The lowest BCUT2D eigenvalue weighted by molar-refractivity contribution is -0.125. The topological polar surface area (TPSA) is 67.4 Å². The molecule has 0 heterocycles. The second kappa shape index (κ2) is 9.44.